The van der Waals surface area contributed by atoms with E-state index < -0.39 is 9.84 Å². The summed E-state index contributed by atoms with van der Waals surface area (Å²) in [5, 5.41) is 12.4. The predicted molar refractivity (Wildman–Crippen MR) is 138 cm³/mol. The van der Waals surface area contributed by atoms with E-state index in [-0.39, 0.29) is 40.9 Å². The van der Waals surface area contributed by atoms with Crippen molar-refractivity contribution in [2.45, 2.75) is 135 Å². The van der Waals surface area contributed by atoms with Crippen LogP contribution in [0.5, 0.6) is 0 Å². The number of allylic oxidation sites excluding steroid dienone is 1. The molecule has 0 aromatic carbocycles. The Morgan fingerprint density at radius 3 is 2.09 bits per heavy atom. The molecule has 0 saturated carbocycles. The monoisotopic (exact) mass is 503 g/mol. The molecule has 2 N–H and O–H groups in total. The number of hydrogen-bond donors (Lipinski definition) is 2. The number of nitrogens with one attached hydrogen (secondary N) is 1. The molecular weight excluding hydrogens is 454 g/mol. The van der Waals surface area contributed by atoms with Gasteiger partial charge in [0.15, 0.2) is 0 Å². The molecule has 2 atom stereocenters. The molecule has 1 amide bonds. The lowest BCUT2D eigenvalue weighted by atomic mass is 10.0. The Kier molecular flexibility index (Phi) is 16.4. The van der Waals surface area contributed by atoms with Gasteiger partial charge in [0.2, 0.25) is 5.91 Å². The van der Waals surface area contributed by atoms with Gasteiger partial charge in [0.1, 0.15) is 15.6 Å². The van der Waals surface area contributed by atoms with Crippen LogP contribution < -0.4 is 5.32 Å². The lowest BCUT2D eigenvalue weighted by Crippen LogP contribution is -2.39. The van der Waals surface area contributed by atoms with Crippen molar-refractivity contribution < 1.29 is 27.9 Å². The first-order valence-corrected chi connectivity index (χ1v) is 14.8. The smallest absolute Gasteiger partial charge is 0.310 e. The summed E-state index contributed by atoms with van der Waals surface area (Å²) in [4.78, 5) is 23.8. The van der Waals surface area contributed by atoms with Crippen LogP contribution in [0.25, 0.3) is 0 Å². The van der Waals surface area contributed by atoms with Gasteiger partial charge in [-0.3, -0.25) is 9.59 Å². The number of amides is 1. The van der Waals surface area contributed by atoms with E-state index in [1.54, 1.807) is 6.92 Å². The van der Waals surface area contributed by atoms with Crippen LogP contribution in [0, 0.1) is 0 Å². The molecular formula is C26H49NO6S. The van der Waals surface area contributed by atoms with Gasteiger partial charge in [-0.15, -0.1) is 0 Å². The Hall–Kier alpha value is -1.41. The molecule has 8 heteroatoms. The number of hydrogen-bond acceptors (Lipinski definition) is 6. The first-order chi connectivity index (χ1) is 15.7. The molecule has 0 spiro atoms. The number of unbranched alkanes of at least 4 members (excludes halogenated alkanes) is 5. The van der Waals surface area contributed by atoms with E-state index in [1.165, 1.54) is 12.3 Å². The SMILES string of the molecule is CCCCCC(O)CCCC(CCCCCCC(=O)O/C(C)=C\C(=O)NC(C)(C)C)S(C)(=O)=O. The van der Waals surface area contributed by atoms with Crippen LogP contribution in [0.1, 0.15) is 118 Å². The second-order valence-electron chi connectivity index (χ2n) is 10.5. The second-order valence-corrected chi connectivity index (χ2v) is 12.8. The van der Waals surface area contributed by atoms with Crippen molar-refractivity contribution in [1.82, 2.24) is 5.32 Å². The van der Waals surface area contributed by atoms with Crippen molar-refractivity contribution >= 4 is 21.7 Å². The summed E-state index contributed by atoms with van der Waals surface area (Å²) in [6, 6.07) is 0. The van der Waals surface area contributed by atoms with Gasteiger partial charge in [0.05, 0.1) is 11.4 Å². The number of rotatable bonds is 18. The zero-order valence-corrected chi connectivity index (χ0v) is 23.1. The summed E-state index contributed by atoms with van der Waals surface area (Å²) in [5.41, 5.74) is -0.358. The first-order valence-electron chi connectivity index (χ1n) is 12.8. The van der Waals surface area contributed by atoms with E-state index in [0.717, 1.165) is 51.4 Å². The van der Waals surface area contributed by atoms with Gasteiger partial charge < -0.3 is 15.2 Å². The average molecular weight is 504 g/mol. The number of aliphatic hydroxyl groups excluding tert-OH is 1. The summed E-state index contributed by atoms with van der Waals surface area (Å²) in [5.74, 6) is -0.411. The van der Waals surface area contributed by atoms with Crippen LogP contribution in [0.2, 0.25) is 0 Å². The second kappa shape index (κ2) is 17.1. The lowest BCUT2D eigenvalue weighted by molar-refractivity contribution is -0.139. The van der Waals surface area contributed by atoms with Crippen molar-refractivity contribution in [2.75, 3.05) is 6.26 Å². The summed E-state index contributed by atoms with van der Waals surface area (Å²) in [6.45, 7) is 9.33. The minimum Gasteiger partial charge on any atom is -0.431 e. The minimum atomic E-state index is -3.12. The highest BCUT2D eigenvalue weighted by molar-refractivity contribution is 7.91. The summed E-state index contributed by atoms with van der Waals surface area (Å²) >= 11 is 0. The van der Waals surface area contributed by atoms with E-state index in [2.05, 4.69) is 12.2 Å². The molecule has 7 nitrogen and oxygen atoms in total. The minimum absolute atomic E-state index is 0.261. The van der Waals surface area contributed by atoms with E-state index >= 15 is 0 Å². The molecule has 34 heavy (non-hydrogen) atoms. The number of ether oxygens (including phenoxy) is 1. The molecule has 200 valence electrons. The number of esters is 1. The van der Waals surface area contributed by atoms with Crippen molar-refractivity contribution in [3.8, 4) is 0 Å². The van der Waals surface area contributed by atoms with E-state index in [1.807, 2.05) is 20.8 Å². The summed E-state index contributed by atoms with van der Waals surface area (Å²) < 4.78 is 29.4. The predicted octanol–water partition coefficient (Wildman–Crippen LogP) is 5.21. The van der Waals surface area contributed by atoms with Crippen molar-refractivity contribution in [3.05, 3.63) is 11.8 Å². The van der Waals surface area contributed by atoms with Crippen LogP contribution in [0.15, 0.2) is 11.8 Å². The number of aliphatic hydroxyl groups is 1. The van der Waals surface area contributed by atoms with Crippen LogP contribution in [-0.2, 0) is 24.2 Å². The zero-order valence-electron chi connectivity index (χ0n) is 22.3. The Morgan fingerprint density at radius 2 is 1.50 bits per heavy atom. The lowest BCUT2D eigenvalue weighted by Gasteiger charge is -2.19. The van der Waals surface area contributed by atoms with Gasteiger partial charge in [0.25, 0.3) is 0 Å². The quantitative estimate of drug-likeness (QED) is 0.115. The van der Waals surface area contributed by atoms with E-state index in [0.29, 0.717) is 25.7 Å². The highest BCUT2D eigenvalue weighted by Gasteiger charge is 2.20. The van der Waals surface area contributed by atoms with Crippen LogP contribution in [0.4, 0.5) is 0 Å². The van der Waals surface area contributed by atoms with Gasteiger partial charge in [0, 0.05) is 24.3 Å². The largest absolute Gasteiger partial charge is 0.431 e. The Labute approximate surface area is 208 Å². The number of carbonyl (C=O) groups is 2. The maximum Gasteiger partial charge on any atom is 0.310 e. The van der Waals surface area contributed by atoms with Crippen LogP contribution in [-0.4, -0.2) is 48.5 Å². The molecule has 0 aromatic heterocycles. The van der Waals surface area contributed by atoms with Gasteiger partial charge in [-0.1, -0.05) is 45.4 Å². The normalized spacial score (nSPS) is 14.5. The maximum absolute atomic E-state index is 12.1. The Bertz CT molecular complexity index is 724. The molecule has 0 aromatic rings. The fraction of sp³-hybridized carbons (Fsp3) is 0.846. The molecule has 0 aliphatic carbocycles. The summed E-state index contributed by atoms with van der Waals surface area (Å²) in [7, 11) is -3.12. The third-order valence-electron chi connectivity index (χ3n) is 5.57. The molecule has 0 saturated heterocycles. The topological polar surface area (TPSA) is 110 Å². The zero-order chi connectivity index (χ0) is 26.2. The molecule has 0 bridgehead atoms. The van der Waals surface area contributed by atoms with Gasteiger partial charge in [-0.05, 0) is 66.2 Å². The van der Waals surface area contributed by atoms with Crippen LogP contribution >= 0.6 is 0 Å². The molecule has 0 aliphatic rings. The third-order valence-corrected chi connectivity index (χ3v) is 7.26. The third kappa shape index (κ3) is 19.0. The van der Waals surface area contributed by atoms with E-state index in [9.17, 15) is 23.1 Å². The first kappa shape index (κ1) is 32.6. The highest BCUT2D eigenvalue weighted by Crippen LogP contribution is 2.19. The van der Waals surface area contributed by atoms with E-state index in [4.69, 9.17) is 4.74 Å². The molecule has 0 heterocycles. The Morgan fingerprint density at radius 1 is 0.941 bits per heavy atom. The fourth-order valence-corrected chi connectivity index (χ4v) is 4.96. The molecule has 0 aliphatic heterocycles. The van der Waals surface area contributed by atoms with Crippen molar-refractivity contribution in [1.29, 1.82) is 0 Å². The van der Waals surface area contributed by atoms with Crippen molar-refractivity contribution in [3.63, 3.8) is 0 Å². The standard InChI is InChI=1S/C26H49NO6S/c1-7-8-11-15-22(28)16-14-18-23(34(6,31)32)17-12-9-10-13-19-25(30)33-21(2)20-24(29)27-26(3,4)5/h20,22-23,28H,7-19H2,1-6H3,(H,27,29)/b21-20-. The Balaban J connectivity index is 4.16. The molecule has 0 radical (unpaired) electrons. The van der Waals surface area contributed by atoms with Gasteiger partial charge in [-0.25, -0.2) is 8.42 Å². The molecule has 2 unspecified atom stereocenters. The molecule has 0 fully saturated rings. The van der Waals surface area contributed by atoms with Gasteiger partial charge >= 0.3 is 5.97 Å². The van der Waals surface area contributed by atoms with Gasteiger partial charge in [-0.2, -0.15) is 0 Å². The highest BCUT2D eigenvalue weighted by atomic mass is 32.2. The fourth-order valence-electron chi connectivity index (χ4n) is 3.77. The van der Waals surface area contributed by atoms with Crippen LogP contribution in [0.3, 0.4) is 0 Å². The summed E-state index contributed by atoms with van der Waals surface area (Å²) in [6.07, 6.45) is 12.2. The molecule has 0 rings (SSSR count). The van der Waals surface area contributed by atoms with Crippen molar-refractivity contribution in [2.24, 2.45) is 0 Å². The number of sulfone groups is 1. The average Bonchev–Trinajstić information content (AvgIpc) is 2.66. The maximum atomic E-state index is 12.1. The number of carbonyl (C=O) groups excluding carboxylic acids is 2.